The first kappa shape index (κ1) is 14.3. The zero-order valence-corrected chi connectivity index (χ0v) is 13.2. The molecule has 0 amide bonds. The summed E-state index contributed by atoms with van der Waals surface area (Å²) in [4.78, 5) is 0. The van der Waals surface area contributed by atoms with E-state index in [1.807, 2.05) is 0 Å². The van der Waals surface area contributed by atoms with E-state index in [-0.39, 0.29) is 0 Å². The maximum absolute atomic E-state index is 3.43. The first-order valence-corrected chi connectivity index (χ1v) is 8.22. The predicted octanol–water partition coefficient (Wildman–Crippen LogP) is 4.90. The van der Waals surface area contributed by atoms with Crippen LogP contribution in [0.5, 0.6) is 0 Å². The smallest absolute Gasteiger partial charge is 0.0323 e. The molecular weight excluding hydrogens is 254 g/mol. The van der Waals surface area contributed by atoms with E-state index < -0.39 is 0 Å². The summed E-state index contributed by atoms with van der Waals surface area (Å²) in [5, 5.41) is 3.43. The molecule has 0 saturated carbocycles. The molecule has 2 aromatic rings. The first-order chi connectivity index (χ1) is 10.3. The van der Waals surface area contributed by atoms with E-state index in [0.717, 1.165) is 0 Å². The Hall–Kier alpha value is -1.60. The van der Waals surface area contributed by atoms with Crippen LogP contribution in [0.1, 0.15) is 48.9 Å². The van der Waals surface area contributed by atoms with Crippen molar-refractivity contribution < 1.29 is 0 Å². The Morgan fingerprint density at radius 1 is 1.10 bits per heavy atom. The monoisotopic (exact) mass is 279 g/mol. The van der Waals surface area contributed by atoms with Crippen molar-refractivity contribution in [1.29, 1.82) is 0 Å². The highest BCUT2D eigenvalue weighted by atomic mass is 14.9. The van der Waals surface area contributed by atoms with Crippen LogP contribution >= 0.6 is 0 Å². The Morgan fingerprint density at radius 2 is 1.90 bits per heavy atom. The summed E-state index contributed by atoms with van der Waals surface area (Å²) < 4.78 is 0. The number of hydrogen-bond donors (Lipinski definition) is 1. The molecule has 0 aromatic heterocycles. The zero-order valence-electron chi connectivity index (χ0n) is 13.2. The zero-order chi connectivity index (χ0) is 14.7. The van der Waals surface area contributed by atoms with Gasteiger partial charge < -0.3 is 5.32 Å². The Kier molecular flexibility index (Phi) is 4.40. The minimum absolute atomic E-state index is 0.531. The van der Waals surface area contributed by atoms with Crippen molar-refractivity contribution >= 4 is 0 Å². The Labute approximate surface area is 128 Å². The molecule has 0 fully saturated rings. The normalized spacial score (nSPS) is 17.0. The molecular formula is C20H25N. The van der Waals surface area contributed by atoms with Crippen molar-refractivity contribution in [3.63, 3.8) is 0 Å². The van der Waals surface area contributed by atoms with Gasteiger partial charge in [-0.3, -0.25) is 0 Å². The molecule has 0 heterocycles. The summed E-state index contributed by atoms with van der Waals surface area (Å²) in [5.41, 5.74) is 7.28. The van der Waals surface area contributed by atoms with Crippen molar-refractivity contribution in [1.82, 2.24) is 5.32 Å². The molecule has 0 radical (unpaired) electrons. The molecule has 2 aromatic carbocycles. The average molecular weight is 279 g/mol. The topological polar surface area (TPSA) is 12.0 Å². The lowest BCUT2D eigenvalue weighted by Gasteiger charge is -2.12. The highest BCUT2D eigenvalue weighted by molar-refractivity contribution is 5.70. The van der Waals surface area contributed by atoms with E-state index in [1.54, 1.807) is 0 Å². The minimum atomic E-state index is 0.531. The molecule has 0 bridgehead atoms. The summed E-state index contributed by atoms with van der Waals surface area (Å²) in [6.45, 7) is 2.25. The van der Waals surface area contributed by atoms with Crippen LogP contribution in [-0.4, -0.2) is 7.05 Å². The SMILES string of the molecule is CCCCc1ccc(-c2cccc3c2CCC3NC)cc1. The fourth-order valence-electron chi connectivity index (χ4n) is 3.46. The average Bonchev–Trinajstić information content (AvgIpc) is 2.96. The van der Waals surface area contributed by atoms with Crippen molar-refractivity contribution in [3.05, 3.63) is 59.2 Å². The van der Waals surface area contributed by atoms with Crippen LogP contribution in [0, 0.1) is 0 Å². The summed E-state index contributed by atoms with van der Waals surface area (Å²) in [7, 11) is 2.06. The predicted molar refractivity (Wildman–Crippen MR) is 90.6 cm³/mol. The van der Waals surface area contributed by atoms with Gasteiger partial charge in [0.25, 0.3) is 0 Å². The maximum atomic E-state index is 3.43. The van der Waals surface area contributed by atoms with Crippen LogP contribution in [0.2, 0.25) is 0 Å². The summed E-state index contributed by atoms with van der Waals surface area (Å²) >= 11 is 0. The summed E-state index contributed by atoms with van der Waals surface area (Å²) in [5.74, 6) is 0. The van der Waals surface area contributed by atoms with Gasteiger partial charge >= 0.3 is 0 Å². The molecule has 1 unspecified atom stereocenters. The van der Waals surface area contributed by atoms with Gasteiger partial charge in [-0.15, -0.1) is 0 Å². The van der Waals surface area contributed by atoms with Gasteiger partial charge in [-0.2, -0.15) is 0 Å². The van der Waals surface area contributed by atoms with Gasteiger partial charge in [0.15, 0.2) is 0 Å². The van der Waals surface area contributed by atoms with Gasteiger partial charge in [-0.1, -0.05) is 55.8 Å². The molecule has 1 aliphatic rings. The van der Waals surface area contributed by atoms with Gasteiger partial charge in [0.1, 0.15) is 0 Å². The quantitative estimate of drug-likeness (QED) is 0.820. The van der Waals surface area contributed by atoms with Gasteiger partial charge in [0.05, 0.1) is 0 Å². The molecule has 1 nitrogen and oxygen atoms in total. The fourth-order valence-corrected chi connectivity index (χ4v) is 3.46. The van der Waals surface area contributed by atoms with Gasteiger partial charge in [-0.25, -0.2) is 0 Å². The van der Waals surface area contributed by atoms with E-state index in [1.165, 1.54) is 59.9 Å². The lowest BCUT2D eigenvalue weighted by Crippen LogP contribution is -2.12. The van der Waals surface area contributed by atoms with Crippen molar-refractivity contribution in [2.75, 3.05) is 7.05 Å². The van der Waals surface area contributed by atoms with Crippen LogP contribution in [0.3, 0.4) is 0 Å². The molecule has 1 aliphatic carbocycles. The number of hydrogen-bond acceptors (Lipinski definition) is 1. The van der Waals surface area contributed by atoms with Crippen molar-refractivity contribution in [2.45, 2.75) is 45.1 Å². The third-order valence-electron chi connectivity index (χ3n) is 4.70. The number of nitrogens with one attached hydrogen (secondary N) is 1. The van der Waals surface area contributed by atoms with Crippen LogP contribution in [-0.2, 0) is 12.8 Å². The van der Waals surface area contributed by atoms with Gasteiger partial charge in [-0.05, 0) is 60.5 Å². The Bertz CT molecular complexity index is 598. The van der Waals surface area contributed by atoms with Crippen molar-refractivity contribution in [3.8, 4) is 11.1 Å². The second-order valence-corrected chi connectivity index (χ2v) is 6.05. The molecule has 0 spiro atoms. The van der Waals surface area contributed by atoms with Gasteiger partial charge in [0, 0.05) is 6.04 Å². The molecule has 1 atom stereocenters. The van der Waals surface area contributed by atoms with E-state index >= 15 is 0 Å². The number of aryl methyl sites for hydroxylation is 1. The highest BCUT2D eigenvalue weighted by Crippen LogP contribution is 2.37. The standard InChI is InChI=1S/C20H25N/c1-3-4-6-15-9-11-16(12-10-15)17-7-5-8-19-18(17)13-14-20(19)21-2/h5,7-12,20-21H,3-4,6,13-14H2,1-2H3. The minimum Gasteiger partial charge on any atom is -0.313 e. The molecule has 3 rings (SSSR count). The molecule has 1 N–H and O–H groups in total. The number of unbranched alkanes of at least 4 members (excludes halogenated alkanes) is 1. The third-order valence-corrected chi connectivity index (χ3v) is 4.70. The largest absolute Gasteiger partial charge is 0.313 e. The fraction of sp³-hybridized carbons (Fsp3) is 0.400. The number of rotatable bonds is 5. The van der Waals surface area contributed by atoms with Crippen molar-refractivity contribution in [2.24, 2.45) is 0 Å². The number of benzene rings is 2. The highest BCUT2D eigenvalue weighted by Gasteiger charge is 2.23. The molecule has 21 heavy (non-hydrogen) atoms. The van der Waals surface area contributed by atoms with Crippen LogP contribution in [0.4, 0.5) is 0 Å². The number of fused-ring (bicyclic) bond motifs is 1. The van der Waals surface area contributed by atoms with Crippen LogP contribution < -0.4 is 5.32 Å². The molecule has 1 heteroatoms. The third kappa shape index (κ3) is 2.89. The Balaban J connectivity index is 1.89. The van der Waals surface area contributed by atoms with E-state index in [0.29, 0.717) is 6.04 Å². The lowest BCUT2D eigenvalue weighted by molar-refractivity contribution is 0.590. The van der Waals surface area contributed by atoms with E-state index in [4.69, 9.17) is 0 Å². The summed E-state index contributed by atoms with van der Waals surface area (Å²) in [6.07, 6.45) is 6.15. The molecule has 110 valence electrons. The summed E-state index contributed by atoms with van der Waals surface area (Å²) in [6, 6.07) is 16.5. The van der Waals surface area contributed by atoms with Crippen LogP contribution in [0.25, 0.3) is 11.1 Å². The molecule has 0 aliphatic heterocycles. The Morgan fingerprint density at radius 3 is 2.62 bits per heavy atom. The van der Waals surface area contributed by atoms with E-state index in [2.05, 4.69) is 61.8 Å². The first-order valence-electron chi connectivity index (χ1n) is 8.22. The molecule has 0 saturated heterocycles. The lowest BCUT2D eigenvalue weighted by atomic mass is 9.95. The van der Waals surface area contributed by atoms with Crippen LogP contribution in [0.15, 0.2) is 42.5 Å². The second-order valence-electron chi connectivity index (χ2n) is 6.05. The van der Waals surface area contributed by atoms with E-state index in [9.17, 15) is 0 Å². The maximum Gasteiger partial charge on any atom is 0.0323 e. The second kappa shape index (κ2) is 6.44. The van der Waals surface area contributed by atoms with Gasteiger partial charge in [0.2, 0.25) is 0 Å².